The lowest BCUT2D eigenvalue weighted by Gasteiger charge is -2.33. The normalized spacial score (nSPS) is 12.3. The third kappa shape index (κ3) is 4.38. The van der Waals surface area contributed by atoms with Crippen LogP contribution in [0.15, 0.2) is 170 Å². The van der Waals surface area contributed by atoms with E-state index in [9.17, 15) is 0 Å². The fourth-order valence-electron chi connectivity index (χ4n) is 9.49. The zero-order valence-corrected chi connectivity index (χ0v) is 30.1. The monoisotopic (exact) mass is 666 g/mol. The topological polar surface area (TPSA) is 0 Å². The predicted octanol–water partition coefficient (Wildman–Crippen LogP) is 13.0. The van der Waals surface area contributed by atoms with Gasteiger partial charge < -0.3 is 0 Å². The molecule has 10 aromatic rings. The lowest BCUT2D eigenvalue weighted by atomic mass is 9.85. The van der Waals surface area contributed by atoms with Gasteiger partial charge in [-0.2, -0.15) is 0 Å². The predicted molar refractivity (Wildman–Crippen MR) is 226 cm³/mol. The van der Waals surface area contributed by atoms with Gasteiger partial charge in [0.05, 0.1) is 0 Å². The zero-order valence-electron chi connectivity index (χ0n) is 29.1. The Balaban J connectivity index is 1.24. The molecule has 0 heterocycles. The van der Waals surface area contributed by atoms with E-state index in [2.05, 4.69) is 184 Å². The Kier molecular flexibility index (Phi) is 6.88. The largest absolute Gasteiger partial charge is 0.118 e. The van der Waals surface area contributed by atoms with Crippen molar-refractivity contribution in [2.45, 2.75) is 25.9 Å². The van der Waals surface area contributed by atoms with Gasteiger partial charge in [0, 0.05) is 0 Å². The molecule has 0 saturated carbocycles. The van der Waals surface area contributed by atoms with Crippen molar-refractivity contribution >= 4 is 83.1 Å². The molecule has 0 amide bonds. The first kappa shape index (κ1) is 30.1. The van der Waals surface area contributed by atoms with Crippen molar-refractivity contribution in [3.8, 4) is 22.3 Å². The highest BCUT2D eigenvalue weighted by atomic mass is 28.3. The molecule has 0 atom stereocenters. The van der Waals surface area contributed by atoms with E-state index >= 15 is 0 Å². The molecule has 0 N–H and O–H groups in total. The summed E-state index contributed by atoms with van der Waals surface area (Å²) in [5.74, 6) is 0. The second-order valence-corrected chi connectivity index (χ2v) is 18.9. The molecule has 10 rings (SSSR count). The number of benzene rings is 10. The van der Waals surface area contributed by atoms with E-state index in [4.69, 9.17) is 0 Å². The van der Waals surface area contributed by atoms with Crippen LogP contribution >= 0.6 is 0 Å². The standard InChI is InChI=1S/C50H38Si/c1-3-51(4-2,46-31-29-36-27-26-34-16-11-17-35-28-30-45(46)49(36)47(34)35)38-19-12-18-37(32-38)48-41-21-7-9-23-43(41)50(44-24-10-8-22-42(44)48)40-25-13-15-33-14-5-6-20-39(33)40/h5-32H,3-4H2,1-2H3. The Morgan fingerprint density at radius 1 is 0.373 bits per heavy atom. The van der Waals surface area contributed by atoms with Gasteiger partial charge in [-0.15, -0.1) is 0 Å². The van der Waals surface area contributed by atoms with E-state index in [0.29, 0.717) is 0 Å². The molecular weight excluding hydrogens is 629 g/mol. The Bertz CT molecular complexity index is 2870. The molecule has 0 bridgehead atoms. The van der Waals surface area contributed by atoms with Crippen molar-refractivity contribution in [1.82, 2.24) is 0 Å². The first-order valence-electron chi connectivity index (χ1n) is 18.4. The smallest absolute Gasteiger partial charge is 0.0672 e. The minimum absolute atomic E-state index is 1.15. The van der Waals surface area contributed by atoms with Crippen molar-refractivity contribution in [3.63, 3.8) is 0 Å². The fraction of sp³-hybridized carbons (Fsp3) is 0.0800. The van der Waals surface area contributed by atoms with Crippen LogP contribution in [0.2, 0.25) is 12.1 Å². The highest BCUT2D eigenvalue weighted by Gasteiger charge is 2.36. The van der Waals surface area contributed by atoms with Crippen molar-refractivity contribution in [3.05, 3.63) is 170 Å². The van der Waals surface area contributed by atoms with Crippen LogP contribution in [0.25, 0.3) is 86.9 Å². The summed E-state index contributed by atoms with van der Waals surface area (Å²) in [6, 6.07) is 66.6. The molecular formula is C50H38Si. The highest BCUT2D eigenvalue weighted by Crippen LogP contribution is 2.45. The van der Waals surface area contributed by atoms with Crippen LogP contribution in [0.4, 0.5) is 0 Å². The molecule has 0 radical (unpaired) electrons. The maximum Gasteiger partial charge on any atom is 0.118 e. The first-order valence-corrected chi connectivity index (χ1v) is 20.8. The highest BCUT2D eigenvalue weighted by molar-refractivity contribution is 7.03. The molecule has 0 fully saturated rings. The molecule has 10 aromatic carbocycles. The summed E-state index contributed by atoms with van der Waals surface area (Å²) >= 11 is 0. The van der Waals surface area contributed by atoms with Crippen LogP contribution in [0.1, 0.15) is 13.8 Å². The average molecular weight is 667 g/mol. The van der Waals surface area contributed by atoms with Gasteiger partial charge >= 0.3 is 0 Å². The first-order chi connectivity index (χ1) is 25.2. The van der Waals surface area contributed by atoms with E-state index in [1.807, 2.05) is 0 Å². The van der Waals surface area contributed by atoms with Gasteiger partial charge in [0.25, 0.3) is 0 Å². The third-order valence-electron chi connectivity index (χ3n) is 11.9. The minimum Gasteiger partial charge on any atom is -0.0672 e. The molecule has 0 aromatic heterocycles. The summed E-state index contributed by atoms with van der Waals surface area (Å²) in [7, 11) is -2.18. The van der Waals surface area contributed by atoms with Crippen LogP contribution in [0.3, 0.4) is 0 Å². The van der Waals surface area contributed by atoms with Gasteiger partial charge in [0.1, 0.15) is 8.07 Å². The van der Waals surface area contributed by atoms with Gasteiger partial charge in [0.2, 0.25) is 0 Å². The fourth-order valence-corrected chi connectivity index (χ4v) is 13.9. The number of fused-ring (bicyclic) bond motifs is 3. The van der Waals surface area contributed by atoms with Gasteiger partial charge in [-0.25, -0.2) is 0 Å². The zero-order chi connectivity index (χ0) is 34.1. The second kappa shape index (κ2) is 11.7. The Hall–Kier alpha value is -5.76. The Morgan fingerprint density at radius 2 is 0.882 bits per heavy atom. The van der Waals surface area contributed by atoms with Gasteiger partial charge in [-0.3, -0.25) is 0 Å². The Morgan fingerprint density at radius 3 is 1.57 bits per heavy atom. The third-order valence-corrected chi connectivity index (χ3v) is 17.2. The molecule has 51 heavy (non-hydrogen) atoms. The molecule has 0 aliphatic rings. The van der Waals surface area contributed by atoms with Gasteiger partial charge in [-0.05, 0) is 92.1 Å². The van der Waals surface area contributed by atoms with Crippen LogP contribution in [-0.2, 0) is 0 Å². The average Bonchev–Trinajstić information content (AvgIpc) is 3.20. The Labute approximate surface area is 300 Å². The SMILES string of the molecule is CC[Si](CC)(c1cccc(-c2c3ccccc3c(-c3cccc4ccccc34)c3ccccc23)c1)c1ccc2ccc3cccc4ccc1c2c34. The van der Waals surface area contributed by atoms with Crippen LogP contribution < -0.4 is 10.4 Å². The lowest BCUT2D eigenvalue weighted by Crippen LogP contribution is -2.57. The summed E-state index contributed by atoms with van der Waals surface area (Å²) < 4.78 is 0. The maximum absolute atomic E-state index is 2.57. The summed E-state index contributed by atoms with van der Waals surface area (Å²) in [5, 5.41) is 19.1. The molecule has 0 unspecified atom stereocenters. The molecule has 0 nitrogen and oxygen atoms in total. The van der Waals surface area contributed by atoms with E-state index < -0.39 is 8.07 Å². The van der Waals surface area contributed by atoms with E-state index in [0.717, 1.165) is 12.1 Å². The lowest BCUT2D eigenvalue weighted by molar-refractivity contribution is 1.29. The minimum atomic E-state index is -2.18. The van der Waals surface area contributed by atoms with E-state index in [1.54, 1.807) is 5.19 Å². The molecule has 0 aliphatic carbocycles. The van der Waals surface area contributed by atoms with Gasteiger partial charge in [0.15, 0.2) is 0 Å². The van der Waals surface area contributed by atoms with Crippen LogP contribution in [0.5, 0.6) is 0 Å². The quantitative estimate of drug-likeness (QED) is 0.0941. The summed E-state index contributed by atoms with van der Waals surface area (Å²) in [5.41, 5.74) is 5.24. The second-order valence-electron chi connectivity index (χ2n) is 14.2. The van der Waals surface area contributed by atoms with Crippen molar-refractivity contribution in [2.24, 2.45) is 0 Å². The van der Waals surface area contributed by atoms with Gasteiger partial charge in [-0.1, -0.05) is 201 Å². The number of hydrogen-bond donors (Lipinski definition) is 0. The van der Waals surface area contributed by atoms with Crippen molar-refractivity contribution in [2.75, 3.05) is 0 Å². The van der Waals surface area contributed by atoms with Crippen LogP contribution in [0, 0.1) is 0 Å². The number of rotatable bonds is 6. The summed E-state index contributed by atoms with van der Waals surface area (Å²) in [6.07, 6.45) is 0. The van der Waals surface area contributed by atoms with Crippen molar-refractivity contribution < 1.29 is 0 Å². The maximum atomic E-state index is 2.57. The molecule has 0 saturated heterocycles. The molecule has 0 aliphatic heterocycles. The molecule has 1 heteroatoms. The molecule has 242 valence electrons. The molecule has 0 spiro atoms. The number of hydrogen-bond acceptors (Lipinski definition) is 0. The van der Waals surface area contributed by atoms with E-state index in [-0.39, 0.29) is 0 Å². The summed E-state index contributed by atoms with van der Waals surface area (Å²) in [6.45, 7) is 4.87. The summed E-state index contributed by atoms with van der Waals surface area (Å²) in [4.78, 5) is 0. The van der Waals surface area contributed by atoms with Crippen LogP contribution in [-0.4, -0.2) is 8.07 Å². The van der Waals surface area contributed by atoms with Crippen molar-refractivity contribution in [1.29, 1.82) is 0 Å². The van der Waals surface area contributed by atoms with E-state index in [1.165, 1.54) is 92.1 Å².